The third-order valence-electron chi connectivity index (χ3n) is 19.2. The van der Waals surface area contributed by atoms with Gasteiger partial charge in [-0.05, 0) is 190 Å². The van der Waals surface area contributed by atoms with Gasteiger partial charge < -0.3 is 36.7 Å². The van der Waals surface area contributed by atoms with Gasteiger partial charge in [0.2, 0.25) is 11.8 Å². The molecule has 0 aliphatic rings. The van der Waals surface area contributed by atoms with Crippen LogP contribution in [-0.4, -0.2) is 9.97 Å². The third kappa shape index (κ3) is 10.0. The molecule has 0 saturated carbocycles. The number of para-hydroxylation sites is 4. The van der Waals surface area contributed by atoms with Crippen LogP contribution >= 0.6 is 11.6 Å². The highest BCUT2D eigenvalue weighted by molar-refractivity contribution is 6.32. The van der Waals surface area contributed by atoms with Crippen molar-refractivity contribution in [3.63, 3.8) is 0 Å². The van der Waals surface area contributed by atoms with Crippen LogP contribution in [0.1, 0.15) is 0 Å². The van der Waals surface area contributed by atoms with E-state index in [4.69, 9.17) is 43.1 Å². The Morgan fingerprint density at radius 3 is 1.03 bits per heavy atom. The van der Waals surface area contributed by atoms with Crippen LogP contribution in [-0.2, 0) is 0 Å². The Kier molecular flexibility index (Phi) is 13.4. The van der Waals surface area contributed by atoms with E-state index in [1.807, 2.05) is 176 Å². The number of benzene rings is 16. The number of rotatable bonds is 7. The first-order valence-corrected chi connectivity index (χ1v) is 33.8. The van der Waals surface area contributed by atoms with Gasteiger partial charge >= 0.3 is 0 Å². The van der Waals surface area contributed by atoms with Crippen molar-refractivity contribution in [2.45, 2.75) is 0 Å². The topological polar surface area (TPSA) is 120 Å². The molecule has 22 rings (SSSR count). The number of anilines is 5. The van der Waals surface area contributed by atoms with Crippen LogP contribution < -0.4 is 10.2 Å². The average Bonchev–Trinajstić information content (AvgIpc) is 1.74. The fourth-order valence-electron chi connectivity index (χ4n) is 14.5. The highest BCUT2D eigenvalue weighted by Gasteiger charge is 2.22. The van der Waals surface area contributed by atoms with Gasteiger partial charge in [0.25, 0.3) is 0 Å². The van der Waals surface area contributed by atoms with E-state index in [1.165, 1.54) is 0 Å². The maximum Gasteiger partial charge on any atom is 0.227 e. The van der Waals surface area contributed by atoms with Gasteiger partial charge in [0.05, 0.1) is 0 Å². The Hall–Kier alpha value is -13.4. The largest absolute Gasteiger partial charge is 0.456 e. The van der Waals surface area contributed by atoms with Crippen molar-refractivity contribution in [1.82, 2.24) is 9.97 Å². The molecule has 22 aromatic rings. The third-order valence-corrected chi connectivity index (χ3v) is 19.5. The van der Waals surface area contributed by atoms with E-state index in [9.17, 15) is 0 Å². The monoisotopic (exact) mass is 1320 g/mol. The fraction of sp³-hybridized carbons (Fsp3) is 0. The lowest BCUT2D eigenvalue weighted by molar-refractivity contribution is 0.623. The number of nitrogens with zero attached hydrogens (tertiary/aromatic N) is 3. The molecule has 10 nitrogen and oxygen atoms in total. The zero-order valence-corrected chi connectivity index (χ0v) is 54.4. The highest BCUT2D eigenvalue weighted by Crippen LogP contribution is 2.45. The summed E-state index contributed by atoms with van der Waals surface area (Å²) in [5, 5.41) is 21.8. The molecule has 0 amide bonds. The zero-order chi connectivity index (χ0) is 66.7. The minimum absolute atomic E-state index is 0.615. The van der Waals surface area contributed by atoms with E-state index in [-0.39, 0.29) is 0 Å². The second kappa shape index (κ2) is 23.4. The molecule has 6 aromatic heterocycles. The minimum Gasteiger partial charge on any atom is -0.456 e. The van der Waals surface area contributed by atoms with Gasteiger partial charge in [-0.1, -0.05) is 169 Å². The summed E-state index contributed by atoms with van der Waals surface area (Å²) < 4.78 is 37.0. The molecule has 0 unspecified atom stereocenters. The summed E-state index contributed by atoms with van der Waals surface area (Å²) in [6.45, 7) is 0. The molecular weight excluding hydrogens is 1270 g/mol. The summed E-state index contributed by atoms with van der Waals surface area (Å²) in [6, 6.07) is 107. The summed E-state index contributed by atoms with van der Waals surface area (Å²) in [6.07, 6.45) is 0. The van der Waals surface area contributed by atoms with Crippen molar-refractivity contribution in [3.05, 3.63) is 320 Å². The lowest BCUT2D eigenvalue weighted by atomic mass is 10.00. The lowest BCUT2D eigenvalue weighted by Gasteiger charge is -2.26. The smallest absolute Gasteiger partial charge is 0.227 e. The Morgan fingerprint density at radius 2 is 0.584 bits per heavy atom. The van der Waals surface area contributed by atoms with Crippen molar-refractivity contribution >= 4 is 193 Å². The highest BCUT2D eigenvalue weighted by atomic mass is 35.5. The number of fused-ring (bicyclic) bond motifs is 22. The van der Waals surface area contributed by atoms with Crippen LogP contribution in [0.4, 0.5) is 28.4 Å². The van der Waals surface area contributed by atoms with Crippen molar-refractivity contribution in [3.8, 4) is 22.9 Å². The molecule has 101 heavy (non-hydrogen) atoms. The van der Waals surface area contributed by atoms with Crippen molar-refractivity contribution in [1.29, 1.82) is 0 Å². The molecule has 0 radical (unpaired) electrons. The standard InChI is InChI=1S/C45H26N2O3.C24H15NO2.C21H12ClNO/c1-2-8-29(9-3-1)45-46-38-21-17-28-15-14-27-16-18-30(24-35(27)43(28)44(38)50-45)47(31-19-22-41-36(25-31)33-10-4-6-12-39(33)48-41)32-20-23-42-37(26-32)34-11-5-7-13-40(34)49-42;1-3-7-21-17(5-1)19-13-15(9-11-23(19)26-21)25-16-10-12-24-20(14-16)18-6-2-4-8-22(18)27-24;22-16-10-8-13-6-7-14-9-11-18-20(19(14)17(13)12-16)24-21(23-18)15-4-2-1-3-5-15/h1-26H;1-14,25H;1-12H. The first kappa shape index (κ1) is 57.8. The quantitative estimate of drug-likeness (QED) is 0.154. The first-order chi connectivity index (χ1) is 49.9. The van der Waals surface area contributed by atoms with Crippen LogP contribution in [0.2, 0.25) is 5.02 Å². The van der Waals surface area contributed by atoms with Gasteiger partial charge in [0, 0.05) is 98.4 Å². The minimum atomic E-state index is 0.615. The Labute approximate surface area is 579 Å². The summed E-state index contributed by atoms with van der Waals surface area (Å²) in [5.74, 6) is 1.25. The normalized spacial score (nSPS) is 11.8. The molecule has 0 aliphatic carbocycles. The lowest BCUT2D eigenvalue weighted by Crippen LogP contribution is -2.09. The maximum atomic E-state index is 6.56. The molecule has 6 heterocycles. The van der Waals surface area contributed by atoms with E-state index < -0.39 is 0 Å². The van der Waals surface area contributed by atoms with Crippen molar-refractivity contribution < 1.29 is 26.5 Å². The molecule has 1 N–H and O–H groups in total. The van der Waals surface area contributed by atoms with Crippen LogP contribution in [0, 0.1) is 0 Å². The number of furan rings is 4. The van der Waals surface area contributed by atoms with Crippen LogP contribution in [0.5, 0.6) is 0 Å². The van der Waals surface area contributed by atoms with Gasteiger partial charge in [-0.2, -0.15) is 0 Å². The Balaban J connectivity index is 0.000000113. The fourth-order valence-corrected chi connectivity index (χ4v) is 14.7. The van der Waals surface area contributed by atoms with Crippen molar-refractivity contribution in [2.75, 3.05) is 10.2 Å². The van der Waals surface area contributed by atoms with Gasteiger partial charge in [-0.3, -0.25) is 0 Å². The van der Waals surface area contributed by atoms with Gasteiger partial charge in [-0.25, -0.2) is 9.97 Å². The van der Waals surface area contributed by atoms with E-state index in [0.717, 1.165) is 198 Å². The Bertz CT molecular complexity index is 6820. The van der Waals surface area contributed by atoms with Crippen molar-refractivity contribution in [2.24, 2.45) is 0 Å². The molecule has 476 valence electrons. The Morgan fingerprint density at radius 1 is 0.257 bits per heavy atom. The predicted molar refractivity (Wildman–Crippen MR) is 414 cm³/mol. The number of oxazole rings is 2. The van der Waals surface area contributed by atoms with Crippen LogP contribution in [0.25, 0.3) is 176 Å². The molecule has 0 bridgehead atoms. The molecule has 0 spiro atoms. The summed E-state index contributed by atoms with van der Waals surface area (Å²) in [5.41, 5.74) is 17.4. The molecule has 0 aliphatic heterocycles. The molecule has 0 saturated heterocycles. The second-order valence-electron chi connectivity index (χ2n) is 25.3. The average molecular weight is 1320 g/mol. The zero-order valence-electron chi connectivity index (χ0n) is 53.7. The van der Waals surface area contributed by atoms with E-state index in [0.29, 0.717) is 11.8 Å². The van der Waals surface area contributed by atoms with E-state index >= 15 is 0 Å². The van der Waals surface area contributed by atoms with Gasteiger partial charge in [0.15, 0.2) is 11.2 Å². The maximum absolute atomic E-state index is 6.56. The molecule has 0 atom stereocenters. The summed E-state index contributed by atoms with van der Waals surface area (Å²) >= 11 is 6.23. The number of hydrogen-bond donors (Lipinski definition) is 1. The number of aromatic nitrogens is 2. The first-order valence-electron chi connectivity index (χ1n) is 33.4. The molecule has 11 heteroatoms. The SMILES string of the molecule is Clc1ccc2ccc3ccc4nc(-c5ccccc5)oc4c3c2c1.c1ccc(-c2nc3ccc4ccc5ccc(N(c6ccc7oc8ccccc8c7c6)c6ccc7oc8ccccc8c7c6)cc5c4c3o2)cc1.c1ccc2c(c1)oc1ccc(Nc3ccc4oc5ccccc5c4c3)cc12. The van der Waals surface area contributed by atoms with E-state index in [1.54, 1.807) is 0 Å². The second-order valence-corrected chi connectivity index (χ2v) is 25.8. The number of hydrogen-bond acceptors (Lipinski definition) is 10. The van der Waals surface area contributed by atoms with Crippen LogP contribution in [0.3, 0.4) is 0 Å². The van der Waals surface area contributed by atoms with Gasteiger partial charge in [-0.15, -0.1) is 0 Å². The van der Waals surface area contributed by atoms with E-state index in [2.05, 4.69) is 155 Å². The summed E-state index contributed by atoms with van der Waals surface area (Å²) in [7, 11) is 0. The summed E-state index contributed by atoms with van der Waals surface area (Å²) in [4.78, 5) is 11.9. The molecule has 16 aromatic carbocycles. The number of halogens is 1. The van der Waals surface area contributed by atoms with Crippen LogP contribution in [0.15, 0.2) is 342 Å². The number of nitrogens with one attached hydrogen (secondary N) is 1. The molecule has 0 fully saturated rings. The molecular formula is C90H53ClN4O6. The predicted octanol–water partition coefficient (Wildman–Crippen LogP) is 26.8. The van der Waals surface area contributed by atoms with Gasteiger partial charge in [0.1, 0.15) is 55.7 Å².